The van der Waals surface area contributed by atoms with Crippen molar-refractivity contribution in [2.45, 2.75) is 18.8 Å². The van der Waals surface area contributed by atoms with Gasteiger partial charge >= 0.3 is 0 Å². The molecule has 3 aliphatic carbocycles. The first kappa shape index (κ1) is 10.00. The lowest BCUT2D eigenvalue weighted by molar-refractivity contribution is 0.0790. The first-order valence-electron chi connectivity index (χ1n) is 6.08. The van der Waals surface area contributed by atoms with Crippen LogP contribution in [0.4, 0.5) is 10.1 Å². The first-order valence-corrected chi connectivity index (χ1v) is 6.08. The number of anilines is 1. The summed E-state index contributed by atoms with van der Waals surface area (Å²) in [7, 11) is 0. The minimum Gasteiger partial charge on any atom is -0.397 e. The fourth-order valence-electron chi connectivity index (χ4n) is 3.13. The average molecular weight is 242 g/mol. The van der Waals surface area contributed by atoms with Crippen molar-refractivity contribution in [3.8, 4) is 0 Å². The SMILES string of the molecule is Nc1c2c(nc3cccc(F)c13)C1CC(C1)C2=O. The molecule has 2 aromatic rings. The fourth-order valence-corrected chi connectivity index (χ4v) is 3.13. The van der Waals surface area contributed by atoms with Crippen LogP contribution in [0, 0.1) is 11.7 Å². The fraction of sp³-hybridized carbons (Fsp3) is 0.286. The summed E-state index contributed by atoms with van der Waals surface area (Å²) in [5.74, 6) is 0.0449. The molecule has 3 nitrogen and oxygen atoms in total. The molecular formula is C14H11FN2O. The number of fused-ring (bicyclic) bond motifs is 1. The molecule has 1 fully saturated rings. The zero-order valence-electron chi connectivity index (χ0n) is 9.61. The molecule has 1 heterocycles. The number of benzene rings is 1. The Balaban J connectivity index is 2.15. The van der Waals surface area contributed by atoms with Gasteiger partial charge in [-0.1, -0.05) is 6.07 Å². The summed E-state index contributed by atoms with van der Waals surface area (Å²) in [6.07, 6.45) is 1.75. The molecular weight excluding hydrogens is 231 g/mol. The van der Waals surface area contributed by atoms with Crippen LogP contribution < -0.4 is 5.73 Å². The van der Waals surface area contributed by atoms with Crippen LogP contribution in [0.3, 0.4) is 0 Å². The summed E-state index contributed by atoms with van der Waals surface area (Å²) in [4.78, 5) is 16.7. The molecule has 1 aromatic heterocycles. The smallest absolute Gasteiger partial charge is 0.169 e. The zero-order chi connectivity index (χ0) is 12.4. The van der Waals surface area contributed by atoms with E-state index in [4.69, 9.17) is 5.73 Å². The van der Waals surface area contributed by atoms with Crippen LogP contribution in [0.25, 0.3) is 10.9 Å². The maximum Gasteiger partial charge on any atom is 0.169 e. The number of nitrogen functional groups attached to an aromatic ring is 1. The van der Waals surface area contributed by atoms with E-state index in [2.05, 4.69) is 4.98 Å². The largest absolute Gasteiger partial charge is 0.397 e. The lowest BCUT2D eigenvalue weighted by atomic mass is 9.63. The summed E-state index contributed by atoms with van der Waals surface area (Å²) in [6.45, 7) is 0. The Morgan fingerprint density at radius 2 is 2.06 bits per heavy atom. The van der Waals surface area contributed by atoms with Gasteiger partial charge in [-0.15, -0.1) is 0 Å². The summed E-state index contributed by atoms with van der Waals surface area (Å²) >= 11 is 0. The van der Waals surface area contributed by atoms with Crippen molar-refractivity contribution in [1.29, 1.82) is 0 Å². The molecule has 0 amide bonds. The van der Waals surface area contributed by atoms with E-state index in [1.807, 2.05) is 0 Å². The van der Waals surface area contributed by atoms with Gasteiger partial charge in [0.2, 0.25) is 0 Å². The van der Waals surface area contributed by atoms with Crippen molar-refractivity contribution >= 4 is 22.4 Å². The Labute approximate surface area is 103 Å². The van der Waals surface area contributed by atoms with E-state index in [9.17, 15) is 9.18 Å². The molecule has 2 N–H and O–H groups in total. The molecule has 2 bridgehead atoms. The molecule has 0 atom stereocenters. The van der Waals surface area contributed by atoms with Gasteiger partial charge in [0, 0.05) is 11.8 Å². The van der Waals surface area contributed by atoms with Crippen molar-refractivity contribution in [3.63, 3.8) is 0 Å². The third-order valence-corrected chi connectivity index (χ3v) is 4.17. The van der Waals surface area contributed by atoms with E-state index in [-0.39, 0.29) is 22.8 Å². The number of nitrogens with zero attached hydrogens (tertiary/aromatic N) is 1. The van der Waals surface area contributed by atoms with Gasteiger partial charge in [0.05, 0.1) is 27.8 Å². The highest BCUT2D eigenvalue weighted by molar-refractivity contribution is 6.11. The molecule has 0 radical (unpaired) electrons. The number of ketones is 1. The predicted molar refractivity (Wildman–Crippen MR) is 65.9 cm³/mol. The van der Waals surface area contributed by atoms with Crippen molar-refractivity contribution in [2.24, 2.45) is 5.92 Å². The summed E-state index contributed by atoms with van der Waals surface area (Å²) in [5.41, 5.74) is 8.08. The topological polar surface area (TPSA) is 56.0 Å². The van der Waals surface area contributed by atoms with Crippen LogP contribution in [0.1, 0.15) is 34.8 Å². The Morgan fingerprint density at radius 3 is 2.83 bits per heavy atom. The van der Waals surface area contributed by atoms with Crippen LogP contribution in [0.15, 0.2) is 18.2 Å². The van der Waals surface area contributed by atoms with E-state index < -0.39 is 5.82 Å². The second-order valence-corrected chi connectivity index (χ2v) is 5.15. The quantitative estimate of drug-likeness (QED) is 0.772. The number of nitrogens with two attached hydrogens (primary N) is 1. The molecule has 90 valence electrons. The lowest BCUT2D eigenvalue weighted by Gasteiger charge is -2.40. The van der Waals surface area contributed by atoms with Crippen LogP contribution in [0.2, 0.25) is 0 Å². The van der Waals surface area contributed by atoms with Gasteiger partial charge in [0.25, 0.3) is 0 Å². The Morgan fingerprint density at radius 1 is 1.28 bits per heavy atom. The van der Waals surface area contributed by atoms with Crippen molar-refractivity contribution < 1.29 is 9.18 Å². The first-order chi connectivity index (χ1) is 8.66. The lowest BCUT2D eigenvalue weighted by Crippen LogP contribution is -2.37. The van der Waals surface area contributed by atoms with Gasteiger partial charge in [-0.2, -0.15) is 0 Å². The molecule has 1 saturated carbocycles. The van der Waals surface area contributed by atoms with E-state index >= 15 is 0 Å². The predicted octanol–water partition coefficient (Wildman–Crippen LogP) is 2.65. The van der Waals surface area contributed by atoms with E-state index in [1.165, 1.54) is 6.07 Å². The summed E-state index contributed by atoms with van der Waals surface area (Å²) in [5, 5.41) is 0.283. The third-order valence-electron chi connectivity index (χ3n) is 4.17. The van der Waals surface area contributed by atoms with E-state index in [1.54, 1.807) is 12.1 Å². The van der Waals surface area contributed by atoms with Gasteiger partial charge in [0.1, 0.15) is 5.82 Å². The Hall–Kier alpha value is -1.97. The van der Waals surface area contributed by atoms with Gasteiger partial charge in [-0.25, -0.2) is 4.39 Å². The number of hydrogen-bond donors (Lipinski definition) is 1. The van der Waals surface area contributed by atoms with Crippen LogP contribution in [-0.4, -0.2) is 10.8 Å². The van der Waals surface area contributed by atoms with Gasteiger partial charge in [-0.3, -0.25) is 9.78 Å². The molecule has 0 saturated heterocycles. The average Bonchev–Trinajstić information content (AvgIpc) is 2.26. The van der Waals surface area contributed by atoms with Gasteiger partial charge in [0.15, 0.2) is 5.78 Å². The molecule has 3 aliphatic rings. The van der Waals surface area contributed by atoms with E-state index in [0.29, 0.717) is 17.0 Å². The highest BCUT2D eigenvalue weighted by Gasteiger charge is 2.45. The number of carbonyl (C=O) groups is 1. The second kappa shape index (κ2) is 3.07. The number of hydrogen-bond acceptors (Lipinski definition) is 3. The number of rotatable bonds is 0. The van der Waals surface area contributed by atoms with Gasteiger partial charge < -0.3 is 5.73 Å². The minimum atomic E-state index is -0.410. The zero-order valence-corrected chi connectivity index (χ0v) is 9.61. The standard InChI is InChI=1S/C14H11FN2O/c15-8-2-1-3-9-10(8)12(16)11-13(17-9)6-4-7(5-6)14(11)18/h1-3,6-7H,4-5H2,(H2,16,17). The minimum absolute atomic E-state index is 0.0441. The van der Waals surface area contributed by atoms with Crippen molar-refractivity contribution in [3.05, 3.63) is 35.3 Å². The van der Waals surface area contributed by atoms with E-state index in [0.717, 1.165) is 18.5 Å². The highest BCUT2D eigenvalue weighted by Crippen LogP contribution is 2.51. The monoisotopic (exact) mass is 242 g/mol. The molecule has 4 heteroatoms. The third kappa shape index (κ3) is 1.03. The number of Topliss-reactive ketones (excluding diaryl/α,β-unsaturated/α-hetero) is 1. The maximum absolute atomic E-state index is 13.8. The Bertz CT molecular complexity index is 704. The number of carbonyl (C=O) groups excluding carboxylic acids is 1. The molecule has 18 heavy (non-hydrogen) atoms. The van der Waals surface area contributed by atoms with Crippen LogP contribution in [-0.2, 0) is 0 Å². The molecule has 0 aliphatic heterocycles. The highest BCUT2D eigenvalue weighted by atomic mass is 19.1. The molecule has 5 rings (SSSR count). The molecule has 0 spiro atoms. The van der Waals surface area contributed by atoms with Crippen LogP contribution >= 0.6 is 0 Å². The second-order valence-electron chi connectivity index (χ2n) is 5.15. The van der Waals surface area contributed by atoms with Gasteiger partial charge in [-0.05, 0) is 25.0 Å². The van der Waals surface area contributed by atoms with Crippen molar-refractivity contribution in [1.82, 2.24) is 4.98 Å². The Kier molecular flexibility index (Phi) is 1.71. The summed E-state index contributed by atoms with van der Waals surface area (Å²) in [6, 6.07) is 4.70. The maximum atomic E-state index is 13.8. The van der Waals surface area contributed by atoms with Crippen molar-refractivity contribution in [2.75, 3.05) is 5.73 Å². The normalized spacial score (nSPS) is 24.8. The number of pyridine rings is 1. The van der Waals surface area contributed by atoms with Crippen LogP contribution in [0.5, 0.6) is 0 Å². The number of halogens is 1. The number of aromatic nitrogens is 1. The molecule has 0 unspecified atom stereocenters. The summed E-state index contributed by atoms with van der Waals surface area (Å²) < 4.78 is 13.8. The molecule has 1 aromatic carbocycles.